The number of aliphatic hydroxyl groups excluding tert-OH is 1. The first-order valence-corrected chi connectivity index (χ1v) is 13.7. The van der Waals surface area contributed by atoms with Gasteiger partial charge in [-0.15, -0.1) is 0 Å². The van der Waals surface area contributed by atoms with Crippen LogP contribution in [0.3, 0.4) is 0 Å². The summed E-state index contributed by atoms with van der Waals surface area (Å²) in [6.07, 6.45) is -1.31. The van der Waals surface area contributed by atoms with E-state index in [-0.39, 0.29) is 24.5 Å². The average molecular weight is 524 g/mol. The van der Waals surface area contributed by atoms with Gasteiger partial charge in [0.1, 0.15) is 12.4 Å². The van der Waals surface area contributed by atoms with Gasteiger partial charge in [-0.05, 0) is 35.6 Å². The molecule has 194 valence electrons. The second kappa shape index (κ2) is 13.3. The summed E-state index contributed by atoms with van der Waals surface area (Å²) in [5.41, 5.74) is 5.99. The van der Waals surface area contributed by atoms with Crippen molar-refractivity contribution in [3.8, 4) is 34.2 Å². The summed E-state index contributed by atoms with van der Waals surface area (Å²) in [7, 11) is -2.66. The largest absolute Gasteiger partial charge is 0.481 e. The van der Waals surface area contributed by atoms with Crippen molar-refractivity contribution in [1.82, 2.24) is 4.98 Å². The van der Waals surface area contributed by atoms with Gasteiger partial charge in [0.25, 0.3) is 0 Å². The quantitative estimate of drug-likeness (QED) is 0.253. The van der Waals surface area contributed by atoms with Gasteiger partial charge in [-0.2, -0.15) is 0 Å². The Hall–Kier alpha value is -3.30. The molecule has 0 aliphatic carbocycles. The van der Waals surface area contributed by atoms with Crippen LogP contribution in [0.1, 0.15) is 49.9 Å². The van der Waals surface area contributed by atoms with Crippen LogP contribution in [0.25, 0.3) is 22.4 Å². The molecular formula is C29H31FNO5P. The predicted molar refractivity (Wildman–Crippen MR) is 143 cm³/mol. The predicted octanol–water partition coefficient (Wildman–Crippen LogP) is 5.92. The van der Waals surface area contributed by atoms with E-state index in [0.29, 0.717) is 12.0 Å². The Morgan fingerprint density at radius 1 is 1.11 bits per heavy atom. The van der Waals surface area contributed by atoms with Crippen LogP contribution in [-0.2, 0) is 20.3 Å². The number of halogens is 1. The zero-order chi connectivity index (χ0) is 26.9. The topological polar surface area (TPSA) is 96.7 Å². The summed E-state index contributed by atoms with van der Waals surface area (Å²) in [6, 6.07) is 16.2. The smallest absolute Gasteiger partial charge is 0.305 e. The molecule has 0 aliphatic heterocycles. The molecule has 0 aliphatic rings. The van der Waals surface area contributed by atoms with Crippen LogP contribution >= 0.6 is 8.03 Å². The summed E-state index contributed by atoms with van der Waals surface area (Å²) in [6.45, 7) is 5.95. The highest BCUT2D eigenvalue weighted by Crippen LogP contribution is 2.38. The molecule has 3 aromatic rings. The number of aromatic nitrogens is 1. The highest BCUT2D eigenvalue weighted by molar-refractivity contribution is 7.39. The van der Waals surface area contributed by atoms with Crippen molar-refractivity contribution >= 4 is 14.0 Å². The average Bonchev–Trinajstić information content (AvgIpc) is 2.86. The lowest BCUT2D eigenvalue weighted by molar-refractivity contribution is -0.138. The Bertz CT molecular complexity index is 1310. The number of nitrogens with zero attached hydrogens (tertiary/aromatic N) is 1. The van der Waals surface area contributed by atoms with Crippen molar-refractivity contribution in [3.05, 3.63) is 77.2 Å². The van der Waals surface area contributed by atoms with E-state index in [1.165, 1.54) is 12.1 Å². The zero-order valence-electron chi connectivity index (χ0n) is 21.1. The molecule has 0 fully saturated rings. The normalized spacial score (nSPS) is 12.6. The van der Waals surface area contributed by atoms with E-state index in [4.69, 9.17) is 14.6 Å². The number of carboxylic acid groups (broad SMARTS) is 1. The van der Waals surface area contributed by atoms with Crippen LogP contribution in [0.5, 0.6) is 0 Å². The van der Waals surface area contributed by atoms with E-state index in [9.17, 15) is 18.9 Å². The summed E-state index contributed by atoms with van der Waals surface area (Å²) in [4.78, 5) is 15.7. The van der Waals surface area contributed by atoms with Crippen molar-refractivity contribution in [2.75, 3.05) is 12.8 Å². The standard InChI is InChI=1S/C29H31FNO5P/c1-4-24-27(20-12-14-22(30)15-13-20)25(11-8-16-36-37(35)18-23(32)17-26(33)34)28(19(2)3)31-29(24)21-9-6-5-7-10-21/h5-7,9-10,12-15,19,23,32,37H,4,16-18H2,1-3H3,(H,33,34)/t23-/m0/s1. The number of hydrogen-bond acceptors (Lipinski definition) is 5. The van der Waals surface area contributed by atoms with Gasteiger partial charge < -0.3 is 14.7 Å². The SMILES string of the molecule is CCc1c(-c2ccccc2)nc(C(C)C)c(C#CCO[PH](=O)C[C@@H](O)CC(=O)O)c1-c1ccc(F)cc1. The van der Waals surface area contributed by atoms with Gasteiger partial charge >= 0.3 is 5.97 Å². The van der Waals surface area contributed by atoms with Crippen molar-refractivity contribution < 1.29 is 28.5 Å². The van der Waals surface area contributed by atoms with E-state index in [2.05, 4.69) is 11.8 Å². The van der Waals surface area contributed by atoms with E-state index in [1.54, 1.807) is 12.1 Å². The maximum atomic E-state index is 13.8. The van der Waals surface area contributed by atoms with Crippen molar-refractivity contribution in [2.45, 2.75) is 45.6 Å². The molecule has 8 heteroatoms. The van der Waals surface area contributed by atoms with E-state index >= 15 is 0 Å². The number of aliphatic carboxylic acids is 1. The molecule has 1 aromatic heterocycles. The lowest BCUT2D eigenvalue weighted by atomic mass is 9.87. The van der Waals surface area contributed by atoms with Crippen molar-refractivity contribution in [1.29, 1.82) is 0 Å². The zero-order valence-corrected chi connectivity index (χ0v) is 22.1. The number of aliphatic hydroxyl groups is 1. The van der Waals surface area contributed by atoms with Gasteiger partial charge in [0.2, 0.25) is 0 Å². The molecule has 1 unspecified atom stereocenters. The minimum Gasteiger partial charge on any atom is -0.481 e. The van der Waals surface area contributed by atoms with Gasteiger partial charge in [0.15, 0.2) is 8.03 Å². The molecule has 6 nitrogen and oxygen atoms in total. The molecule has 0 bridgehead atoms. The number of carbonyl (C=O) groups is 1. The van der Waals surface area contributed by atoms with E-state index in [0.717, 1.165) is 33.6 Å². The van der Waals surface area contributed by atoms with Gasteiger partial charge in [-0.3, -0.25) is 14.3 Å². The number of pyridine rings is 1. The molecule has 2 N–H and O–H groups in total. The minimum absolute atomic E-state index is 0.0306. The molecular weight excluding hydrogens is 492 g/mol. The Morgan fingerprint density at radius 2 is 1.78 bits per heavy atom. The van der Waals surface area contributed by atoms with Crippen LogP contribution in [0.4, 0.5) is 4.39 Å². The first kappa shape index (κ1) is 28.3. The maximum Gasteiger partial charge on any atom is 0.305 e. The lowest BCUT2D eigenvalue weighted by Crippen LogP contribution is -2.15. The molecule has 37 heavy (non-hydrogen) atoms. The molecule has 2 aromatic carbocycles. The third kappa shape index (κ3) is 7.60. The third-order valence-corrected chi connectivity index (χ3v) is 7.01. The molecule has 0 amide bonds. The summed E-state index contributed by atoms with van der Waals surface area (Å²) < 4.78 is 31.2. The molecule has 0 radical (unpaired) electrons. The number of benzene rings is 2. The monoisotopic (exact) mass is 523 g/mol. The molecule has 0 saturated heterocycles. The Morgan fingerprint density at radius 3 is 2.38 bits per heavy atom. The molecule has 0 spiro atoms. The van der Waals surface area contributed by atoms with Gasteiger partial charge in [0.05, 0.1) is 29.5 Å². The van der Waals surface area contributed by atoms with Crippen molar-refractivity contribution in [3.63, 3.8) is 0 Å². The van der Waals surface area contributed by atoms with Crippen LogP contribution in [0.15, 0.2) is 54.6 Å². The maximum absolute atomic E-state index is 13.8. The van der Waals surface area contributed by atoms with Crippen molar-refractivity contribution in [2.24, 2.45) is 0 Å². The molecule has 2 atom stereocenters. The summed E-state index contributed by atoms with van der Waals surface area (Å²) >= 11 is 0. The minimum atomic E-state index is -2.66. The van der Waals surface area contributed by atoms with Gasteiger partial charge in [-0.25, -0.2) is 4.39 Å². The van der Waals surface area contributed by atoms with Gasteiger partial charge in [0, 0.05) is 17.3 Å². The third-order valence-electron chi connectivity index (χ3n) is 5.74. The van der Waals surface area contributed by atoms with E-state index in [1.807, 2.05) is 51.1 Å². The Kier molecular flexibility index (Phi) is 10.2. The number of carboxylic acids is 1. The lowest BCUT2D eigenvalue weighted by Gasteiger charge is -2.21. The molecule has 1 heterocycles. The highest BCUT2D eigenvalue weighted by Gasteiger charge is 2.22. The Balaban J connectivity index is 2.07. The highest BCUT2D eigenvalue weighted by atomic mass is 31.1. The summed E-state index contributed by atoms with van der Waals surface area (Å²) in [5, 5.41) is 18.4. The second-order valence-electron chi connectivity index (χ2n) is 8.87. The first-order chi connectivity index (χ1) is 17.7. The fourth-order valence-electron chi connectivity index (χ4n) is 4.07. The number of hydrogen-bond donors (Lipinski definition) is 2. The van der Waals surface area contributed by atoms with Gasteiger partial charge in [-0.1, -0.05) is 75.1 Å². The first-order valence-electron chi connectivity index (χ1n) is 12.1. The summed E-state index contributed by atoms with van der Waals surface area (Å²) in [5.74, 6) is 4.60. The second-order valence-corrected chi connectivity index (χ2v) is 10.3. The van der Waals surface area contributed by atoms with Crippen LogP contribution in [0, 0.1) is 17.7 Å². The van der Waals surface area contributed by atoms with E-state index < -0.39 is 26.5 Å². The fourth-order valence-corrected chi connectivity index (χ4v) is 4.95. The van der Waals surface area contributed by atoms with Crippen LogP contribution in [0.2, 0.25) is 0 Å². The van der Waals surface area contributed by atoms with Crippen LogP contribution in [-0.4, -0.2) is 40.0 Å². The Labute approximate surface area is 217 Å². The van der Waals surface area contributed by atoms with Crippen LogP contribution < -0.4 is 0 Å². The molecule has 3 rings (SSSR count). The fraction of sp³-hybridized carbons (Fsp3) is 0.310. The number of rotatable bonds is 10. The molecule has 0 saturated carbocycles.